The van der Waals surface area contributed by atoms with Crippen molar-refractivity contribution >= 4 is 5.91 Å². The molecule has 1 heterocycles. The van der Waals surface area contributed by atoms with Crippen LogP contribution in [0.15, 0.2) is 0 Å². The summed E-state index contributed by atoms with van der Waals surface area (Å²) in [5.74, 6) is 1.36. The van der Waals surface area contributed by atoms with E-state index in [4.69, 9.17) is 0 Å². The molecule has 0 bridgehead atoms. The van der Waals surface area contributed by atoms with E-state index in [0.717, 1.165) is 25.4 Å². The predicted molar refractivity (Wildman–Crippen MR) is 60.5 cm³/mol. The fourth-order valence-corrected chi connectivity index (χ4v) is 2.60. The lowest BCUT2D eigenvalue weighted by atomic mass is 9.87. The zero-order chi connectivity index (χ0) is 10.7. The third kappa shape index (κ3) is 2.94. The van der Waals surface area contributed by atoms with Gasteiger partial charge in [-0.15, -0.1) is 0 Å². The molecule has 2 fully saturated rings. The zero-order valence-electron chi connectivity index (χ0n) is 9.59. The maximum Gasteiger partial charge on any atom is 0.224 e. The lowest BCUT2D eigenvalue weighted by molar-refractivity contribution is -0.125. The van der Waals surface area contributed by atoms with Crippen LogP contribution in [0, 0.1) is 11.8 Å². The first-order valence-corrected chi connectivity index (χ1v) is 6.27. The van der Waals surface area contributed by atoms with Crippen LogP contribution in [0.3, 0.4) is 0 Å². The van der Waals surface area contributed by atoms with Gasteiger partial charge in [-0.05, 0) is 44.6 Å². The molecule has 15 heavy (non-hydrogen) atoms. The smallest absolute Gasteiger partial charge is 0.224 e. The Hall–Kier alpha value is -0.570. The van der Waals surface area contributed by atoms with Gasteiger partial charge in [0, 0.05) is 12.6 Å². The molecule has 1 aliphatic carbocycles. The number of hydrogen-bond acceptors (Lipinski definition) is 2. The van der Waals surface area contributed by atoms with Crippen molar-refractivity contribution in [1.82, 2.24) is 10.6 Å². The highest BCUT2D eigenvalue weighted by Crippen LogP contribution is 2.23. The monoisotopic (exact) mass is 210 g/mol. The Morgan fingerprint density at radius 1 is 1.20 bits per heavy atom. The summed E-state index contributed by atoms with van der Waals surface area (Å²) in [6, 6.07) is 0.453. The van der Waals surface area contributed by atoms with Crippen LogP contribution in [-0.2, 0) is 4.79 Å². The van der Waals surface area contributed by atoms with E-state index in [1.807, 2.05) is 0 Å². The second-order valence-corrected chi connectivity index (χ2v) is 5.16. The Morgan fingerprint density at radius 2 is 1.93 bits per heavy atom. The molecule has 86 valence electrons. The van der Waals surface area contributed by atoms with E-state index in [1.165, 1.54) is 25.7 Å². The summed E-state index contributed by atoms with van der Waals surface area (Å²) in [6.45, 7) is 4.17. The van der Waals surface area contributed by atoms with Crippen LogP contribution in [0.1, 0.15) is 39.0 Å². The van der Waals surface area contributed by atoms with Gasteiger partial charge in [-0.2, -0.15) is 0 Å². The Kier molecular flexibility index (Phi) is 3.62. The first kappa shape index (κ1) is 10.9. The number of nitrogens with one attached hydrogen (secondary N) is 2. The van der Waals surface area contributed by atoms with E-state index in [9.17, 15) is 4.79 Å². The predicted octanol–water partition coefficient (Wildman–Crippen LogP) is 1.29. The van der Waals surface area contributed by atoms with E-state index in [2.05, 4.69) is 17.6 Å². The summed E-state index contributed by atoms with van der Waals surface area (Å²) in [7, 11) is 0. The van der Waals surface area contributed by atoms with E-state index >= 15 is 0 Å². The molecule has 3 nitrogen and oxygen atoms in total. The third-order valence-corrected chi connectivity index (χ3v) is 3.79. The van der Waals surface area contributed by atoms with Crippen LogP contribution in [0.25, 0.3) is 0 Å². The average Bonchev–Trinajstić information content (AvgIpc) is 2.74. The van der Waals surface area contributed by atoms with Gasteiger partial charge >= 0.3 is 0 Å². The Morgan fingerprint density at radius 3 is 2.53 bits per heavy atom. The number of carbonyl (C=O) groups is 1. The van der Waals surface area contributed by atoms with Gasteiger partial charge in [0.1, 0.15) is 0 Å². The van der Waals surface area contributed by atoms with E-state index in [-0.39, 0.29) is 11.8 Å². The van der Waals surface area contributed by atoms with Crippen molar-refractivity contribution in [2.75, 3.05) is 13.1 Å². The number of hydrogen-bond donors (Lipinski definition) is 2. The van der Waals surface area contributed by atoms with Gasteiger partial charge in [-0.3, -0.25) is 4.79 Å². The molecule has 1 atom stereocenters. The molecule has 3 heteroatoms. The molecule has 1 aliphatic heterocycles. The normalized spacial score (nSPS) is 36.5. The van der Waals surface area contributed by atoms with Crippen molar-refractivity contribution in [3.63, 3.8) is 0 Å². The molecule has 2 rings (SSSR count). The Labute approximate surface area is 92.0 Å². The first-order chi connectivity index (χ1) is 7.25. The van der Waals surface area contributed by atoms with E-state index < -0.39 is 0 Å². The fourth-order valence-electron chi connectivity index (χ4n) is 2.60. The van der Waals surface area contributed by atoms with Crippen LogP contribution >= 0.6 is 0 Å². The van der Waals surface area contributed by atoms with Crippen LogP contribution in [0.4, 0.5) is 0 Å². The lowest BCUT2D eigenvalue weighted by Crippen LogP contribution is -2.41. The van der Waals surface area contributed by atoms with Gasteiger partial charge in [0.2, 0.25) is 5.91 Å². The molecule has 0 aromatic heterocycles. The van der Waals surface area contributed by atoms with Gasteiger partial charge in [0.15, 0.2) is 0 Å². The van der Waals surface area contributed by atoms with Gasteiger partial charge in [-0.25, -0.2) is 0 Å². The molecule has 0 aromatic rings. The number of amides is 1. The average molecular weight is 210 g/mol. The molecule has 2 aliphatic rings. The van der Waals surface area contributed by atoms with Crippen molar-refractivity contribution in [3.8, 4) is 0 Å². The second kappa shape index (κ2) is 4.97. The number of rotatable bonds is 2. The largest absolute Gasteiger partial charge is 0.353 e. The standard InChI is InChI=1S/C12H22N2O/c1-9-2-4-11(5-3-9)14-12(15)10-6-7-13-8-10/h9-11,13H,2-8H2,1H3,(H,14,15)/t9?,10-,11?/m1/s1. The Bertz CT molecular complexity index is 216. The van der Waals surface area contributed by atoms with E-state index in [0.29, 0.717) is 6.04 Å². The second-order valence-electron chi connectivity index (χ2n) is 5.16. The zero-order valence-corrected chi connectivity index (χ0v) is 9.59. The van der Waals surface area contributed by atoms with E-state index in [1.54, 1.807) is 0 Å². The van der Waals surface area contributed by atoms with Crippen LogP contribution < -0.4 is 10.6 Å². The fraction of sp³-hybridized carbons (Fsp3) is 0.917. The van der Waals surface area contributed by atoms with Crippen LogP contribution in [0.2, 0.25) is 0 Å². The highest BCUT2D eigenvalue weighted by atomic mass is 16.2. The Balaban J connectivity index is 1.74. The SMILES string of the molecule is CC1CCC(NC(=O)[C@@H]2CCNC2)CC1. The summed E-state index contributed by atoms with van der Waals surface area (Å²) in [6.07, 6.45) is 5.90. The maximum atomic E-state index is 11.8. The molecule has 1 amide bonds. The maximum absolute atomic E-state index is 11.8. The van der Waals surface area contributed by atoms with Crippen molar-refractivity contribution in [2.24, 2.45) is 11.8 Å². The molecule has 0 unspecified atom stereocenters. The van der Waals surface area contributed by atoms with Gasteiger partial charge < -0.3 is 10.6 Å². The van der Waals surface area contributed by atoms with Crippen molar-refractivity contribution < 1.29 is 4.79 Å². The summed E-state index contributed by atoms with van der Waals surface area (Å²) in [5, 5.41) is 6.44. The minimum Gasteiger partial charge on any atom is -0.353 e. The molecule has 0 radical (unpaired) electrons. The molecular weight excluding hydrogens is 188 g/mol. The minimum atomic E-state index is 0.226. The van der Waals surface area contributed by atoms with Crippen molar-refractivity contribution in [1.29, 1.82) is 0 Å². The van der Waals surface area contributed by atoms with Gasteiger partial charge in [0.05, 0.1) is 5.92 Å². The summed E-state index contributed by atoms with van der Waals surface area (Å²) in [5.41, 5.74) is 0. The molecule has 1 saturated heterocycles. The lowest BCUT2D eigenvalue weighted by Gasteiger charge is -2.27. The van der Waals surface area contributed by atoms with Gasteiger partial charge in [0.25, 0.3) is 0 Å². The highest BCUT2D eigenvalue weighted by Gasteiger charge is 2.26. The first-order valence-electron chi connectivity index (χ1n) is 6.27. The molecule has 1 saturated carbocycles. The van der Waals surface area contributed by atoms with Crippen molar-refractivity contribution in [3.05, 3.63) is 0 Å². The summed E-state index contributed by atoms with van der Waals surface area (Å²) < 4.78 is 0. The highest BCUT2D eigenvalue weighted by molar-refractivity contribution is 5.79. The molecule has 0 spiro atoms. The molecular formula is C12H22N2O. The van der Waals surface area contributed by atoms with Crippen molar-refractivity contribution in [2.45, 2.75) is 45.1 Å². The quantitative estimate of drug-likeness (QED) is 0.721. The summed E-state index contributed by atoms with van der Waals surface area (Å²) >= 11 is 0. The van der Waals surface area contributed by atoms with Gasteiger partial charge in [-0.1, -0.05) is 6.92 Å². The van der Waals surface area contributed by atoms with Crippen LogP contribution in [-0.4, -0.2) is 25.0 Å². The minimum absolute atomic E-state index is 0.226. The van der Waals surface area contributed by atoms with Crippen LogP contribution in [0.5, 0.6) is 0 Å². The third-order valence-electron chi connectivity index (χ3n) is 3.79. The number of carbonyl (C=O) groups excluding carboxylic acids is 1. The molecule has 0 aromatic carbocycles. The summed E-state index contributed by atoms with van der Waals surface area (Å²) in [4.78, 5) is 11.8. The molecule has 2 N–H and O–H groups in total. The topological polar surface area (TPSA) is 41.1 Å².